The first-order valence-corrected chi connectivity index (χ1v) is 8.19. The van der Waals surface area contributed by atoms with E-state index in [1.54, 1.807) is 11.8 Å². The maximum Gasteiger partial charge on any atom is 0.226 e. The van der Waals surface area contributed by atoms with Gasteiger partial charge in [-0.3, -0.25) is 9.48 Å². The molecule has 2 heterocycles. The lowest BCUT2D eigenvalue weighted by molar-refractivity contribution is -0.116. The second kappa shape index (κ2) is 6.55. The molecule has 1 N–H and O–H groups in total. The van der Waals surface area contributed by atoms with Crippen molar-refractivity contribution in [3.8, 4) is 11.5 Å². The molecule has 2 aromatic rings. The Morgan fingerprint density at radius 3 is 2.88 bits per heavy atom. The smallest absolute Gasteiger partial charge is 0.226 e. The Kier molecular flexibility index (Phi) is 4.46. The van der Waals surface area contributed by atoms with Crippen molar-refractivity contribution < 1.29 is 14.3 Å². The summed E-state index contributed by atoms with van der Waals surface area (Å²) in [6.45, 7) is 4.68. The van der Waals surface area contributed by atoms with Crippen LogP contribution in [0.4, 0.5) is 5.82 Å². The molecule has 0 radical (unpaired) electrons. The Morgan fingerprint density at radius 1 is 1.38 bits per heavy atom. The number of aromatic nitrogens is 2. The van der Waals surface area contributed by atoms with Gasteiger partial charge < -0.3 is 14.8 Å². The van der Waals surface area contributed by atoms with Crippen LogP contribution in [-0.4, -0.2) is 29.4 Å². The largest absolute Gasteiger partial charge is 0.493 e. The molecular weight excluding hydrogens is 306 g/mol. The first-order valence-electron chi connectivity index (χ1n) is 8.19. The number of nitrogens with one attached hydrogen (secondary N) is 1. The van der Waals surface area contributed by atoms with Crippen molar-refractivity contribution in [2.75, 3.05) is 19.0 Å². The standard InChI is InChI=1S/C18H23N3O3/c1-5-8-24-14-7-6-12(9-15(14)23-4)13-10-16(22)19-18-17(13)11(2)20-21(18)3/h6-7,9,13H,5,8,10H2,1-4H3,(H,19,22)/t13-/m1/s1. The number of carbonyl (C=O) groups is 1. The molecule has 6 heteroatoms. The zero-order chi connectivity index (χ0) is 17.3. The molecule has 0 bridgehead atoms. The lowest BCUT2D eigenvalue weighted by atomic mass is 9.85. The van der Waals surface area contributed by atoms with Crippen LogP contribution in [0.2, 0.25) is 0 Å². The fraction of sp³-hybridized carbons (Fsp3) is 0.444. The van der Waals surface area contributed by atoms with Gasteiger partial charge in [0.15, 0.2) is 11.5 Å². The number of amides is 1. The summed E-state index contributed by atoms with van der Waals surface area (Å²) < 4.78 is 12.9. The van der Waals surface area contributed by atoms with Crippen LogP contribution in [0.3, 0.4) is 0 Å². The fourth-order valence-electron chi connectivity index (χ4n) is 3.23. The van der Waals surface area contributed by atoms with E-state index in [-0.39, 0.29) is 11.8 Å². The molecule has 6 nitrogen and oxygen atoms in total. The molecule has 1 atom stereocenters. The van der Waals surface area contributed by atoms with E-state index >= 15 is 0 Å². The quantitative estimate of drug-likeness (QED) is 0.916. The summed E-state index contributed by atoms with van der Waals surface area (Å²) in [5.41, 5.74) is 3.03. The van der Waals surface area contributed by atoms with Gasteiger partial charge in [-0.15, -0.1) is 0 Å². The molecule has 3 rings (SSSR count). The van der Waals surface area contributed by atoms with Crippen molar-refractivity contribution in [2.45, 2.75) is 32.6 Å². The van der Waals surface area contributed by atoms with E-state index in [2.05, 4.69) is 17.3 Å². The third-order valence-corrected chi connectivity index (χ3v) is 4.32. The Morgan fingerprint density at radius 2 is 2.17 bits per heavy atom. The molecule has 0 saturated heterocycles. The van der Waals surface area contributed by atoms with Crippen molar-refractivity contribution in [3.63, 3.8) is 0 Å². The monoisotopic (exact) mass is 329 g/mol. The number of aryl methyl sites for hydroxylation is 2. The van der Waals surface area contributed by atoms with E-state index in [4.69, 9.17) is 9.47 Å². The molecule has 0 aliphatic carbocycles. The molecule has 1 aromatic heterocycles. The molecule has 1 aromatic carbocycles. The van der Waals surface area contributed by atoms with Crippen molar-refractivity contribution in [1.82, 2.24) is 9.78 Å². The number of ether oxygens (including phenoxy) is 2. The fourth-order valence-corrected chi connectivity index (χ4v) is 3.23. The van der Waals surface area contributed by atoms with Crippen molar-refractivity contribution in [2.24, 2.45) is 7.05 Å². The first kappa shape index (κ1) is 16.4. The summed E-state index contributed by atoms with van der Waals surface area (Å²) in [4.78, 5) is 12.1. The van der Waals surface area contributed by atoms with Gasteiger partial charge in [-0.1, -0.05) is 13.0 Å². The third-order valence-electron chi connectivity index (χ3n) is 4.32. The van der Waals surface area contributed by atoms with Gasteiger partial charge in [0.05, 0.1) is 19.4 Å². The highest BCUT2D eigenvalue weighted by molar-refractivity contribution is 5.94. The molecule has 0 spiro atoms. The molecule has 1 aliphatic rings. The maximum absolute atomic E-state index is 12.1. The molecule has 1 amide bonds. The second-order valence-electron chi connectivity index (χ2n) is 6.03. The highest BCUT2D eigenvalue weighted by Gasteiger charge is 2.32. The predicted octanol–water partition coefficient (Wildman–Crippen LogP) is 3.00. The number of hydrogen-bond acceptors (Lipinski definition) is 4. The van der Waals surface area contributed by atoms with Crippen LogP contribution in [0.25, 0.3) is 0 Å². The Bertz CT molecular complexity index is 767. The van der Waals surface area contributed by atoms with Crippen LogP contribution in [0.1, 0.15) is 42.5 Å². The van der Waals surface area contributed by atoms with Gasteiger partial charge >= 0.3 is 0 Å². The zero-order valence-corrected chi connectivity index (χ0v) is 14.5. The van der Waals surface area contributed by atoms with E-state index in [9.17, 15) is 4.79 Å². The van der Waals surface area contributed by atoms with Crippen LogP contribution < -0.4 is 14.8 Å². The third kappa shape index (κ3) is 2.84. The summed E-state index contributed by atoms with van der Waals surface area (Å²) in [6, 6.07) is 5.89. The van der Waals surface area contributed by atoms with E-state index in [1.165, 1.54) is 0 Å². The van der Waals surface area contributed by atoms with Gasteiger partial charge in [-0.25, -0.2) is 0 Å². The van der Waals surface area contributed by atoms with E-state index in [1.807, 2.05) is 32.2 Å². The van der Waals surface area contributed by atoms with Crippen LogP contribution in [0, 0.1) is 6.92 Å². The van der Waals surface area contributed by atoms with Crippen LogP contribution in [0.5, 0.6) is 11.5 Å². The van der Waals surface area contributed by atoms with Gasteiger partial charge in [0.1, 0.15) is 5.82 Å². The number of anilines is 1. The Labute approximate surface area is 141 Å². The molecule has 0 saturated carbocycles. The zero-order valence-electron chi connectivity index (χ0n) is 14.5. The highest BCUT2D eigenvalue weighted by Crippen LogP contribution is 2.41. The lowest BCUT2D eigenvalue weighted by Crippen LogP contribution is -2.24. The molecule has 128 valence electrons. The number of fused-ring (bicyclic) bond motifs is 1. The predicted molar refractivity (Wildman–Crippen MR) is 91.8 cm³/mol. The Hall–Kier alpha value is -2.50. The van der Waals surface area contributed by atoms with Crippen LogP contribution in [0.15, 0.2) is 18.2 Å². The number of methoxy groups -OCH3 is 1. The van der Waals surface area contributed by atoms with Gasteiger partial charge in [-0.2, -0.15) is 5.10 Å². The normalized spacial score (nSPS) is 16.5. The topological polar surface area (TPSA) is 65.4 Å². The summed E-state index contributed by atoms with van der Waals surface area (Å²) in [6.07, 6.45) is 1.34. The van der Waals surface area contributed by atoms with Gasteiger partial charge in [-0.05, 0) is 31.0 Å². The lowest BCUT2D eigenvalue weighted by Gasteiger charge is -2.24. The van der Waals surface area contributed by atoms with E-state index < -0.39 is 0 Å². The molecular formula is C18H23N3O3. The minimum absolute atomic E-state index is 0.000719. The molecule has 0 unspecified atom stereocenters. The summed E-state index contributed by atoms with van der Waals surface area (Å²) in [5, 5.41) is 7.37. The second-order valence-corrected chi connectivity index (χ2v) is 6.03. The average molecular weight is 329 g/mol. The SMILES string of the molecule is CCCOc1ccc([C@H]2CC(=O)Nc3c2c(C)nn3C)cc1OC. The van der Waals surface area contributed by atoms with Crippen molar-refractivity contribution in [3.05, 3.63) is 35.0 Å². The van der Waals surface area contributed by atoms with Gasteiger partial charge in [0.25, 0.3) is 0 Å². The maximum atomic E-state index is 12.1. The Balaban J connectivity index is 2.02. The number of rotatable bonds is 5. The van der Waals surface area contributed by atoms with Crippen molar-refractivity contribution >= 4 is 11.7 Å². The highest BCUT2D eigenvalue weighted by atomic mass is 16.5. The molecule has 24 heavy (non-hydrogen) atoms. The molecule has 0 fully saturated rings. The van der Waals surface area contributed by atoms with Gasteiger partial charge in [0, 0.05) is 24.9 Å². The average Bonchev–Trinajstić information content (AvgIpc) is 2.86. The minimum Gasteiger partial charge on any atom is -0.493 e. The minimum atomic E-state index is -0.0309. The van der Waals surface area contributed by atoms with Crippen LogP contribution >= 0.6 is 0 Å². The summed E-state index contributed by atoms with van der Waals surface area (Å²) in [7, 11) is 3.48. The van der Waals surface area contributed by atoms with Crippen LogP contribution in [-0.2, 0) is 11.8 Å². The number of benzene rings is 1. The summed E-state index contributed by atoms with van der Waals surface area (Å²) >= 11 is 0. The van der Waals surface area contributed by atoms with Gasteiger partial charge in [0.2, 0.25) is 5.91 Å². The summed E-state index contributed by atoms with van der Waals surface area (Å²) in [5.74, 6) is 2.16. The van der Waals surface area contributed by atoms with Crippen molar-refractivity contribution in [1.29, 1.82) is 0 Å². The molecule has 1 aliphatic heterocycles. The first-order chi connectivity index (χ1) is 11.5. The van der Waals surface area contributed by atoms with E-state index in [0.29, 0.717) is 18.8 Å². The number of carbonyl (C=O) groups excluding carboxylic acids is 1. The number of hydrogen-bond donors (Lipinski definition) is 1. The number of nitrogens with zero attached hydrogens (tertiary/aromatic N) is 2. The van der Waals surface area contributed by atoms with E-state index in [0.717, 1.165) is 34.8 Å².